The lowest BCUT2D eigenvalue weighted by Crippen LogP contribution is -2.42. The van der Waals surface area contributed by atoms with Gasteiger partial charge in [0, 0.05) is 62.4 Å². The largest absolute Gasteiger partial charge is 0.493 e. The lowest BCUT2D eigenvalue weighted by atomic mass is 10.1. The molecule has 5 rings (SSSR count). The topological polar surface area (TPSA) is 148 Å². The maximum absolute atomic E-state index is 13.7. The predicted molar refractivity (Wildman–Crippen MR) is 206 cm³/mol. The zero-order chi connectivity index (χ0) is 38.6. The van der Waals surface area contributed by atoms with E-state index < -0.39 is 5.91 Å². The molecule has 54 heavy (non-hydrogen) atoms. The monoisotopic (exact) mass is 739 g/mol. The number of anilines is 3. The number of likely N-dealkylation sites (N-methyl/N-ethyl adjacent to an activating group) is 2. The van der Waals surface area contributed by atoms with Gasteiger partial charge >= 0.3 is 0 Å². The van der Waals surface area contributed by atoms with Crippen molar-refractivity contribution in [2.24, 2.45) is 0 Å². The van der Waals surface area contributed by atoms with E-state index >= 15 is 0 Å². The molecular formula is C40H49N7O7. The van der Waals surface area contributed by atoms with E-state index in [1.807, 2.05) is 32.0 Å². The van der Waals surface area contributed by atoms with Gasteiger partial charge in [0.05, 0.1) is 20.3 Å². The summed E-state index contributed by atoms with van der Waals surface area (Å²) in [4.78, 5) is 54.1. The molecule has 4 aromatic rings. The molecule has 1 fully saturated rings. The Balaban J connectivity index is 1.36. The van der Waals surface area contributed by atoms with Crippen LogP contribution in [0, 0.1) is 13.8 Å². The second kappa shape index (κ2) is 18.9. The highest BCUT2D eigenvalue weighted by Gasteiger charge is 2.22. The second-order valence-electron chi connectivity index (χ2n) is 12.8. The Labute approximate surface area is 316 Å². The summed E-state index contributed by atoms with van der Waals surface area (Å²) in [6, 6.07) is 17.6. The predicted octanol–water partition coefficient (Wildman–Crippen LogP) is 5.54. The quantitative estimate of drug-likeness (QED) is 0.149. The molecule has 0 atom stereocenters. The molecule has 2 heterocycles. The molecule has 1 aromatic heterocycles. The Kier molecular flexibility index (Phi) is 13.8. The van der Waals surface area contributed by atoms with Crippen LogP contribution >= 0.6 is 0 Å². The number of aryl methyl sites for hydroxylation is 2. The standard InChI is InChI=1S/C40H49N7O7/c1-7-46(8-2)19-18-45(5)39(50)29-12-14-30(15-13-29)42-40-41-25-32(37(49)43-36-27(3)10-9-11-28(36)4)38(44-40)54-33-17-16-31(24-34(33)51-6)53-26-35(48)47-20-22-52-23-21-47/h9-17,24-25H,7-8,18-23,26H2,1-6H3,(H,43,49)(H,41,42,44). The average Bonchev–Trinajstić information content (AvgIpc) is 3.19. The van der Waals surface area contributed by atoms with Crippen LogP contribution in [0.25, 0.3) is 0 Å². The smallest absolute Gasteiger partial charge is 0.262 e. The summed E-state index contributed by atoms with van der Waals surface area (Å²) in [6.45, 7) is 13.2. The van der Waals surface area contributed by atoms with Crippen LogP contribution in [0.4, 0.5) is 17.3 Å². The SMILES string of the molecule is CCN(CC)CCN(C)C(=O)c1ccc(Nc2ncc(C(=O)Nc3c(C)cccc3C)c(Oc3ccc(OCC(=O)N4CCOCC4)cc3OC)n2)cc1. The fourth-order valence-electron chi connectivity index (χ4n) is 5.81. The van der Waals surface area contributed by atoms with Crippen LogP contribution in [0.2, 0.25) is 0 Å². The number of ether oxygens (including phenoxy) is 4. The molecule has 2 N–H and O–H groups in total. The van der Waals surface area contributed by atoms with Gasteiger partial charge in [-0.15, -0.1) is 0 Å². The number of aromatic nitrogens is 2. The van der Waals surface area contributed by atoms with E-state index in [2.05, 4.69) is 39.3 Å². The number of morpholine rings is 1. The Bertz CT molecular complexity index is 1890. The van der Waals surface area contributed by atoms with Gasteiger partial charge in [0.25, 0.3) is 17.7 Å². The van der Waals surface area contributed by atoms with Gasteiger partial charge in [0.1, 0.15) is 11.3 Å². The first-order valence-electron chi connectivity index (χ1n) is 18.0. The third-order valence-electron chi connectivity index (χ3n) is 9.17. The number of hydrogen-bond acceptors (Lipinski definition) is 11. The molecule has 0 saturated carbocycles. The van der Waals surface area contributed by atoms with Crippen LogP contribution in [-0.4, -0.2) is 116 Å². The Morgan fingerprint density at radius 1 is 0.926 bits per heavy atom. The molecular weight excluding hydrogens is 690 g/mol. The maximum atomic E-state index is 13.7. The first kappa shape index (κ1) is 39.5. The number of carbonyl (C=O) groups excluding carboxylic acids is 3. The fourth-order valence-corrected chi connectivity index (χ4v) is 5.81. The molecule has 1 saturated heterocycles. The second-order valence-corrected chi connectivity index (χ2v) is 12.8. The molecule has 1 aliphatic heterocycles. The van der Waals surface area contributed by atoms with Gasteiger partial charge in [-0.05, 0) is 74.5 Å². The summed E-state index contributed by atoms with van der Waals surface area (Å²) in [5.74, 6) is 0.382. The number of rotatable bonds is 16. The van der Waals surface area contributed by atoms with Gasteiger partial charge in [0.15, 0.2) is 18.1 Å². The van der Waals surface area contributed by atoms with Crippen LogP contribution in [0.1, 0.15) is 45.7 Å². The minimum atomic E-state index is -0.470. The number of para-hydroxylation sites is 1. The first-order valence-corrected chi connectivity index (χ1v) is 18.0. The molecule has 0 spiro atoms. The number of hydrogen-bond donors (Lipinski definition) is 2. The normalized spacial score (nSPS) is 12.6. The number of amides is 3. The van der Waals surface area contributed by atoms with Gasteiger partial charge < -0.3 is 44.3 Å². The lowest BCUT2D eigenvalue weighted by Gasteiger charge is -2.26. The molecule has 3 aromatic carbocycles. The van der Waals surface area contributed by atoms with Crippen molar-refractivity contribution in [2.75, 3.05) is 83.9 Å². The summed E-state index contributed by atoms with van der Waals surface area (Å²) in [7, 11) is 3.28. The zero-order valence-corrected chi connectivity index (χ0v) is 31.8. The van der Waals surface area contributed by atoms with E-state index in [1.165, 1.54) is 13.3 Å². The number of nitrogens with one attached hydrogen (secondary N) is 2. The molecule has 14 nitrogen and oxygen atoms in total. The van der Waals surface area contributed by atoms with Crippen molar-refractivity contribution < 1.29 is 33.3 Å². The van der Waals surface area contributed by atoms with Crippen molar-refractivity contribution in [1.29, 1.82) is 0 Å². The van der Waals surface area contributed by atoms with E-state index in [4.69, 9.17) is 18.9 Å². The number of carbonyl (C=O) groups is 3. The number of methoxy groups -OCH3 is 1. The van der Waals surface area contributed by atoms with Crippen LogP contribution in [0.15, 0.2) is 66.9 Å². The van der Waals surface area contributed by atoms with Gasteiger partial charge in [0.2, 0.25) is 11.8 Å². The third-order valence-corrected chi connectivity index (χ3v) is 9.17. The summed E-state index contributed by atoms with van der Waals surface area (Å²) >= 11 is 0. The van der Waals surface area contributed by atoms with Crippen molar-refractivity contribution in [3.8, 4) is 23.1 Å². The van der Waals surface area contributed by atoms with E-state index in [9.17, 15) is 14.4 Å². The van der Waals surface area contributed by atoms with Crippen molar-refractivity contribution in [1.82, 2.24) is 24.7 Å². The van der Waals surface area contributed by atoms with Gasteiger partial charge in [-0.2, -0.15) is 4.98 Å². The summed E-state index contributed by atoms with van der Waals surface area (Å²) < 4.78 is 23.0. The Hall–Kier alpha value is -5.73. The minimum Gasteiger partial charge on any atom is -0.493 e. The van der Waals surface area contributed by atoms with Crippen molar-refractivity contribution in [3.63, 3.8) is 0 Å². The molecule has 0 bridgehead atoms. The first-order chi connectivity index (χ1) is 26.1. The Morgan fingerprint density at radius 3 is 2.30 bits per heavy atom. The van der Waals surface area contributed by atoms with E-state index in [1.54, 1.807) is 59.3 Å². The number of benzene rings is 3. The number of nitrogens with zero attached hydrogens (tertiary/aromatic N) is 5. The highest BCUT2D eigenvalue weighted by molar-refractivity contribution is 6.06. The van der Waals surface area contributed by atoms with Crippen molar-refractivity contribution in [2.45, 2.75) is 27.7 Å². The van der Waals surface area contributed by atoms with Crippen molar-refractivity contribution in [3.05, 3.63) is 89.1 Å². The van der Waals surface area contributed by atoms with Crippen LogP contribution in [-0.2, 0) is 9.53 Å². The molecule has 0 aliphatic carbocycles. The van der Waals surface area contributed by atoms with E-state index in [0.29, 0.717) is 61.3 Å². The highest BCUT2D eigenvalue weighted by Crippen LogP contribution is 2.36. The van der Waals surface area contributed by atoms with Gasteiger partial charge in [-0.25, -0.2) is 4.98 Å². The maximum Gasteiger partial charge on any atom is 0.262 e. The van der Waals surface area contributed by atoms with E-state index in [-0.39, 0.29) is 41.6 Å². The average molecular weight is 740 g/mol. The summed E-state index contributed by atoms with van der Waals surface area (Å²) in [5.41, 5.74) is 3.72. The third kappa shape index (κ3) is 10.2. The zero-order valence-electron chi connectivity index (χ0n) is 31.8. The van der Waals surface area contributed by atoms with Crippen LogP contribution < -0.4 is 24.8 Å². The molecule has 286 valence electrons. The summed E-state index contributed by atoms with van der Waals surface area (Å²) in [6.07, 6.45) is 1.39. The van der Waals surface area contributed by atoms with E-state index in [0.717, 1.165) is 30.8 Å². The Morgan fingerprint density at radius 2 is 1.63 bits per heavy atom. The molecule has 14 heteroatoms. The molecule has 1 aliphatic rings. The lowest BCUT2D eigenvalue weighted by molar-refractivity contribution is -0.137. The molecule has 3 amide bonds. The minimum absolute atomic E-state index is 0.0349. The van der Waals surface area contributed by atoms with Gasteiger partial charge in [-0.3, -0.25) is 14.4 Å². The fraction of sp³-hybridized carbons (Fsp3) is 0.375. The van der Waals surface area contributed by atoms with Crippen LogP contribution in [0.3, 0.4) is 0 Å². The van der Waals surface area contributed by atoms with Crippen LogP contribution in [0.5, 0.6) is 23.1 Å². The van der Waals surface area contributed by atoms with Crippen molar-refractivity contribution >= 4 is 35.0 Å². The molecule has 0 unspecified atom stereocenters. The summed E-state index contributed by atoms with van der Waals surface area (Å²) in [5, 5.41) is 6.12. The highest BCUT2D eigenvalue weighted by atomic mass is 16.5. The molecule has 0 radical (unpaired) electrons. The van der Waals surface area contributed by atoms with Gasteiger partial charge in [-0.1, -0.05) is 32.0 Å².